The van der Waals surface area contributed by atoms with Gasteiger partial charge in [-0.15, -0.1) is 6.42 Å². The van der Waals surface area contributed by atoms with Gasteiger partial charge in [0.1, 0.15) is 11.6 Å². The van der Waals surface area contributed by atoms with Gasteiger partial charge in [-0.3, -0.25) is 14.6 Å². The second-order valence-corrected chi connectivity index (χ2v) is 6.80. The zero-order valence-electron chi connectivity index (χ0n) is 15.6. The van der Waals surface area contributed by atoms with Crippen molar-refractivity contribution in [2.45, 2.75) is 6.04 Å². The van der Waals surface area contributed by atoms with Crippen LogP contribution in [0, 0.1) is 24.0 Å². The van der Waals surface area contributed by atoms with Crippen molar-refractivity contribution in [3.8, 4) is 12.3 Å². The predicted octanol–water partition coefficient (Wildman–Crippen LogP) is 2.42. The van der Waals surface area contributed by atoms with Crippen LogP contribution >= 0.6 is 0 Å². The first kappa shape index (κ1) is 20.0. The number of rotatable bonds is 6. The number of piperazine rings is 1. The van der Waals surface area contributed by atoms with Gasteiger partial charge in [0.15, 0.2) is 0 Å². The molecule has 0 radical (unpaired) electrons. The molecule has 28 heavy (non-hydrogen) atoms. The summed E-state index contributed by atoms with van der Waals surface area (Å²) in [4.78, 5) is 16.2. The molecule has 1 heterocycles. The maximum Gasteiger partial charge on any atom is 0.234 e. The number of nitrogens with zero attached hydrogens (tertiary/aromatic N) is 2. The second-order valence-electron chi connectivity index (χ2n) is 6.80. The Hall–Kier alpha value is -2.75. The third-order valence-corrected chi connectivity index (χ3v) is 4.90. The summed E-state index contributed by atoms with van der Waals surface area (Å²) in [7, 11) is 0. The summed E-state index contributed by atoms with van der Waals surface area (Å²) in [5.41, 5.74) is 1.90. The molecule has 1 aliphatic heterocycles. The van der Waals surface area contributed by atoms with Crippen molar-refractivity contribution in [1.82, 2.24) is 15.1 Å². The highest BCUT2D eigenvalue weighted by Gasteiger charge is 2.27. The number of halogens is 2. The van der Waals surface area contributed by atoms with Crippen molar-refractivity contribution in [2.75, 3.05) is 39.3 Å². The van der Waals surface area contributed by atoms with E-state index < -0.39 is 0 Å². The Morgan fingerprint density at radius 2 is 1.46 bits per heavy atom. The van der Waals surface area contributed by atoms with E-state index in [1.807, 2.05) is 0 Å². The summed E-state index contributed by atoms with van der Waals surface area (Å²) < 4.78 is 26.8. The largest absolute Gasteiger partial charge is 0.344 e. The molecule has 0 aliphatic carbocycles. The van der Waals surface area contributed by atoms with E-state index in [1.165, 1.54) is 24.3 Å². The molecule has 2 aromatic carbocycles. The molecule has 1 amide bonds. The summed E-state index contributed by atoms with van der Waals surface area (Å²) in [5, 5.41) is 2.67. The highest BCUT2D eigenvalue weighted by atomic mass is 19.1. The maximum atomic E-state index is 13.4. The minimum atomic E-state index is -0.288. The Balaban J connectivity index is 1.71. The van der Waals surface area contributed by atoms with Crippen LogP contribution in [0.4, 0.5) is 8.78 Å². The molecule has 3 rings (SSSR count). The van der Waals surface area contributed by atoms with E-state index in [0.717, 1.165) is 37.3 Å². The van der Waals surface area contributed by atoms with Crippen molar-refractivity contribution in [3.05, 3.63) is 71.3 Å². The van der Waals surface area contributed by atoms with Crippen LogP contribution in [0.3, 0.4) is 0 Å². The van der Waals surface area contributed by atoms with E-state index in [1.54, 1.807) is 24.3 Å². The lowest BCUT2D eigenvalue weighted by atomic mass is 9.96. The zero-order valence-corrected chi connectivity index (χ0v) is 15.6. The highest BCUT2D eigenvalue weighted by Crippen LogP contribution is 2.30. The zero-order chi connectivity index (χ0) is 19.9. The first-order valence-electron chi connectivity index (χ1n) is 9.24. The Morgan fingerprint density at radius 3 is 1.93 bits per heavy atom. The topological polar surface area (TPSA) is 35.6 Å². The highest BCUT2D eigenvalue weighted by molar-refractivity contribution is 5.78. The van der Waals surface area contributed by atoms with Gasteiger partial charge in [-0.2, -0.15) is 0 Å². The van der Waals surface area contributed by atoms with Gasteiger partial charge in [0, 0.05) is 26.2 Å². The van der Waals surface area contributed by atoms with E-state index in [-0.39, 0.29) is 30.1 Å². The van der Waals surface area contributed by atoms with Crippen LogP contribution in [0.1, 0.15) is 17.2 Å². The lowest BCUT2D eigenvalue weighted by molar-refractivity contribution is -0.122. The van der Waals surface area contributed by atoms with Crippen LogP contribution in [-0.2, 0) is 4.79 Å². The minimum absolute atomic E-state index is 0.0833. The third-order valence-electron chi connectivity index (χ3n) is 4.90. The number of hydrogen-bond donors (Lipinski definition) is 1. The number of carbonyl (C=O) groups is 1. The molecule has 1 aliphatic rings. The lowest BCUT2D eigenvalue weighted by Gasteiger charge is -2.39. The SMILES string of the molecule is C#CCNC(=O)CN1CCN(C(c2ccc(F)cc2)c2ccc(F)cc2)CC1. The van der Waals surface area contributed by atoms with E-state index in [2.05, 4.69) is 21.0 Å². The van der Waals surface area contributed by atoms with Crippen molar-refractivity contribution in [2.24, 2.45) is 0 Å². The van der Waals surface area contributed by atoms with Gasteiger partial charge in [-0.05, 0) is 35.4 Å². The average molecular weight is 383 g/mol. The molecule has 0 saturated carbocycles. The number of carbonyl (C=O) groups excluding carboxylic acids is 1. The van der Waals surface area contributed by atoms with Crippen molar-refractivity contribution < 1.29 is 13.6 Å². The summed E-state index contributed by atoms with van der Waals surface area (Å²) in [6, 6.07) is 12.7. The van der Waals surface area contributed by atoms with Gasteiger partial charge < -0.3 is 5.32 Å². The molecule has 1 N–H and O–H groups in total. The molecular weight excluding hydrogens is 360 g/mol. The number of terminal acetylenes is 1. The molecule has 1 fully saturated rings. The molecular formula is C22H23F2N3O. The van der Waals surface area contributed by atoms with E-state index in [9.17, 15) is 13.6 Å². The smallest absolute Gasteiger partial charge is 0.234 e. The van der Waals surface area contributed by atoms with Crippen LogP contribution < -0.4 is 5.32 Å². The molecule has 146 valence electrons. The van der Waals surface area contributed by atoms with Gasteiger partial charge in [0.05, 0.1) is 19.1 Å². The molecule has 0 aromatic heterocycles. The van der Waals surface area contributed by atoms with Gasteiger partial charge in [-0.25, -0.2) is 8.78 Å². The molecule has 1 saturated heterocycles. The average Bonchev–Trinajstić information content (AvgIpc) is 2.71. The first-order chi connectivity index (χ1) is 13.6. The van der Waals surface area contributed by atoms with Crippen LogP contribution in [0.25, 0.3) is 0 Å². The number of hydrogen-bond acceptors (Lipinski definition) is 3. The number of amides is 1. The summed E-state index contributed by atoms with van der Waals surface area (Å²) in [6.45, 7) is 3.47. The van der Waals surface area contributed by atoms with Crippen LogP contribution in [-0.4, -0.2) is 55.0 Å². The van der Waals surface area contributed by atoms with Crippen LogP contribution in [0.2, 0.25) is 0 Å². The molecule has 0 unspecified atom stereocenters. The van der Waals surface area contributed by atoms with Gasteiger partial charge in [0.25, 0.3) is 0 Å². The molecule has 6 heteroatoms. The molecule has 2 aromatic rings. The number of nitrogens with one attached hydrogen (secondary N) is 1. The first-order valence-corrected chi connectivity index (χ1v) is 9.24. The van der Waals surface area contributed by atoms with Crippen molar-refractivity contribution >= 4 is 5.91 Å². The van der Waals surface area contributed by atoms with Crippen LogP contribution in [0.5, 0.6) is 0 Å². The summed E-state index contributed by atoms with van der Waals surface area (Å²) in [6.07, 6.45) is 5.16. The molecule has 4 nitrogen and oxygen atoms in total. The molecule has 0 spiro atoms. The second kappa shape index (κ2) is 9.45. The van der Waals surface area contributed by atoms with Crippen molar-refractivity contribution in [1.29, 1.82) is 0 Å². The van der Waals surface area contributed by atoms with E-state index in [0.29, 0.717) is 6.54 Å². The maximum absolute atomic E-state index is 13.4. The third kappa shape index (κ3) is 5.16. The van der Waals surface area contributed by atoms with E-state index in [4.69, 9.17) is 6.42 Å². The fourth-order valence-electron chi connectivity index (χ4n) is 3.49. The van der Waals surface area contributed by atoms with Crippen LogP contribution in [0.15, 0.2) is 48.5 Å². The van der Waals surface area contributed by atoms with Gasteiger partial charge in [0.2, 0.25) is 5.91 Å². The summed E-state index contributed by atoms with van der Waals surface area (Å²) in [5.74, 6) is 1.73. The summed E-state index contributed by atoms with van der Waals surface area (Å²) >= 11 is 0. The standard InChI is InChI=1S/C22H23F2N3O/c1-2-11-25-21(28)16-26-12-14-27(15-13-26)22(17-3-7-19(23)8-4-17)18-5-9-20(24)10-6-18/h1,3-10,22H,11-16H2,(H,25,28). The van der Waals surface area contributed by atoms with Gasteiger partial charge in [-0.1, -0.05) is 30.2 Å². The fourth-order valence-corrected chi connectivity index (χ4v) is 3.49. The number of benzene rings is 2. The Kier molecular flexibility index (Phi) is 6.75. The van der Waals surface area contributed by atoms with E-state index >= 15 is 0 Å². The Bertz CT molecular complexity index is 777. The lowest BCUT2D eigenvalue weighted by Crippen LogP contribution is -2.50. The quantitative estimate of drug-likeness (QED) is 0.779. The fraction of sp³-hybridized carbons (Fsp3) is 0.318. The van der Waals surface area contributed by atoms with Gasteiger partial charge >= 0.3 is 0 Å². The monoisotopic (exact) mass is 383 g/mol. The molecule has 0 bridgehead atoms. The predicted molar refractivity (Wildman–Crippen MR) is 104 cm³/mol. The van der Waals surface area contributed by atoms with Crippen molar-refractivity contribution in [3.63, 3.8) is 0 Å². The normalized spacial score (nSPS) is 15.4. The Morgan fingerprint density at radius 1 is 0.964 bits per heavy atom. The molecule has 0 atom stereocenters. The Labute approximate surface area is 164 Å². The minimum Gasteiger partial charge on any atom is -0.344 e.